The molecule has 1 N–H and O–H groups in total. The van der Waals surface area contributed by atoms with Crippen molar-refractivity contribution in [1.29, 1.82) is 0 Å². The second-order valence-corrected chi connectivity index (χ2v) is 5.91. The van der Waals surface area contributed by atoms with Gasteiger partial charge in [-0.2, -0.15) is 0 Å². The highest BCUT2D eigenvalue weighted by atomic mass is 16.5. The molecular weight excluding hydrogens is 292 g/mol. The Morgan fingerprint density at radius 3 is 3.09 bits per heavy atom. The first-order valence-corrected chi connectivity index (χ1v) is 7.92. The van der Waals surface area contributed by atoms with Crippen LogP contribution in [0.4, 0.5) is 0 Å². The van der Waals surface area contributed by atoms with Gasteiger partial charge in [-0.15, -0.1) is 0 Å². The van der Waals surface area contributed by atoms with E-state index in [1.165, 1.54) is 12.8 Å². The lowest BCUT2D eigenvalue weighted by atomic mass is 10.1. The summed E-state index contributed by atoms with van der Waals surface area (Å²) in [6.45, 7) is 1.34. The van der Waals surface area contributed by atoms with Crippen LogP contribution in [0.3, 0.4) is 0 Å². The van der Waals surface area contributed by atoms with E-state index >= 15 is 0 Å². The molecule has 0 saturated heterocycles. The van der Waals surface area contributed by atoms with E-state index in [9.17, 15) is 4.79 Å². The van der Waals surface area contributed by atoms with Gasteiger partial charge in [0.1, 0.15) is 11.5 Å². The van der Waals surface area contributed by atoms with Gasteiger partial charge in [-0.25, -0.2) is 4.98 Å². The number of hydrogen-bond acceptors (Lipinski definition) is 4. The van der Waals surface area contributed by atoms with Crippen molar-refractivity contribution >= 4 is 16.9 Å². The maximum atomic E-state index is 12.1. The number of rotatable bonds is 6. The Morgan fingerprint density at radius 2 is 2.22 bits per heavy atom. The molecular formula is C17H18N4O2. The summed E-state index contributed by atoms with van der Waals surface area (Å²) in [6.07, 6.45) is 6.49. The van der Waals surface area contributed by atoms with Crippen molar-refractivity contribution in [2.75, 3.05) is 6.54 Å². The van der Waals surface area contributed by atoms with E-state index in [0.29, 0.717) is 23.7 Å². The first-order chi connectivity index (χ1) is 11.3. The molecule has 0 bridgehead atoms. The van der Waals surface area contributed by atoms with E-state index in [1.807, 2.05) is 36.7 Å². The Balaban J connectivity index is 1.32. The molecule has 6 nitrogen and oxygen atoms in total. The van der Waals surface area contributed by atoms with Crippen molar-refractivity contribution in [3.63, 3.8) is 0 Å². The summed E-state index contributed by atoms with van der Waals surface area (Å²) < 4.78 is 7.35. The van der Waals surface area contributed by atoms with Crippen molar-refractivity contribution in [3.8, 4) is 0 Å². The SMILES string of the molecule is O=C(Cc1noc2ccccc12)NCCn1ccnc1C1CC1. The molecule has 6 heteroatoms. The van der Waals surface area contributed by atoms with Gasteiger partial charge in [-0.1, -0.05) is 17.3 Å². The van der Waals surface area contributed by atoms with Gasteiger partial charge in [0, 0.05) is 36.8 Å². The van der Waals surface area contributed by atoms with Crippen molar-refractivity contribution in [2.45, 2.75) is 31.7 Å². The number of nitrogens with zero attached hydrogens (tertiary/aromatic N) is 3. The van der Waals surface area contributed by atoms with Crippen LogP contribution in [-0.4, -0.2) is 27.2 Å². The quantitative estimate of drug-likeness (QED) is 0.758. The predicted molar refractivity (Wildman–Crippen MR) is 84.9 cm³/mol. The van der Waals surface area contributed by atoms with Crippen LogP contribution < -0.4 is 5.32 Å². The highest BCUT2D eigenvalue weighted by Crippen LogP contribution is 2.38. The maximum absolute atomic E-state index is 12.1. The largest absolute Gasteiger partial charge is 0.356 e. The van der Waals surface area contributed by atoms with Crippen LogP contribution in [0.25, 0.3) is 11.0 Å². The minimum absolute atomic E-state index is 0.0443. The lowest BCUT2D eigenvalue weighted by Gasteiger charge is -2.08. The molecule has 0 spiro atoms. The van der Waals surface area contributed by atoms with Crippen LogP contribution in [0, 0.1) is 0 Å². The van der Waals surface area contributed by atoms with Crippen molar-refractivity contribution in [1.82, 2.24) is 20.0 Å². The summed E-state index contributed by atoms with van der Waals surface area (Å²) in [5.41, 5.74) is 1.39. The molecule has 1 amide bonds. The summed E-state index contributed by atoms with van der Waals surface area (Å²) >= 11 is 0. The van der Waals surface area contributed by atoms with E-state index in [4.69, 9.17) is 4.52 Å². The fourth-order valence-electron chi connectivity index (χ4n) is 2.81. The fourth-order valence-corrected chi connectivity index (χ4v) is 2.81. The maximum Gasteiger partial charge on any atom is 0.226 e. The standard InChI is InChI=1S/C17H18N4O2/c22-16(11-14-13-3-1-2-4-15(13)23-20-14)18-7-9-21-10-8-19-17(21)12-5-6-12/h1-4,8,10,12H,5-7,9,11H2,(H,18,22). The summed E-state index contributed by atoms with van der Waals surface area (Å²) in [4.78, 5) is 16.5. The molecule has 0 atom stereocenters. The Labute approximate surface area is 133 Å². The van der Waals surface area contributed by atoms with Crippen LogP contribution in [0.15, 0.2) is 41.2 Å². The number of fused-ring (bicyclic) bond motifs is 1. The summed E-state index contributed by atoms with van der Waals surface area (Å²) in [7, 11) is 0. The Kier molecular flexibility index (Phi) is 3.57. The molecule has 1 aliphatic rings. The van der Waals surface area contributed by atoms with Crippen LogP contribution in [0.1, 0.15) is 30.3 Å². The zero-order valence-electron chi connectivity index (χ0n) is 12.7. The van der Waals surface area contributed by atoms with Crippen LogP contribution >= 0.6 is 0 Å². The van der Waals surface area contributed by atoms with Crippen molar-refractivity contribution in [2.24, 2.45) is 0 Å². The van der Waals surface area contributed by atoms with Gasteiger partial charge in [0.05, 0.1) is 6.42 Å². The van der Waals surface area contributed by atoms with Gasteiger partial charge < -0.3 is 14.4 Å². The Hall–Kier alpha value is -2.63. The van der Waals surface area contributed by atoms with E-state index in [0.717, 1.165) is 17.8 Å². The number of para-hydroxylation sites is 1. The summed E-state index contributed by atoms with van der Waals surface area (Å²) in [5.74, 6) is 1.71. The monoisotopic (exact) mass is 310 g/mol. The number of hydrogen-bond donors (Lipinski definition) is 1. The molecule has 4 rings (SSSR count). The van der Waals surface area contributed by atoms with Gasteiger partial charge in [0.15, 0.2) is 5.58 Å². The Morgan fingerprint density at radius 1 is 1.35 bits per heavy atom. The third kappa shape index (κ3) is 2.97. The number of aromatic nitrogens is 3. The topological polar surface area (TPSA) is 73.0 Å². The smallest absolute Gasteiger partial charge is 0.226 e. The Bertz CT molecular complexity index is 832. The molecule has 3 aromatic rings. The van der Waals surface area contributed by atoms with Crippen LogP contribution in [0.2, 0.25) is 0 Å². The van der Waals surface area contributed by atoms with Gasteiger partial charge in [0.2, 0.25) is 5.91 Å². The third-order valence-corrected chi connectivity index (χ3v) is 4.15. The zero-order chi connectivity index (χ0) is 15.6. The second kappa shape index (κ2) is 5.87. The van der Waals surface area contributed by atoms with Crippen molar-refractivity contribution < 1.29 is 9.32 Å². The highest BCUT2D eigenvalue weighted by Gasteiger charge is 2.27. The van der Waals surface area contributed by atoms with Crippen molar-refractivity contribution in [3.05, 3.63) is 48.2 Å². The van der Waals surface area contributed by atoms with Gasteiger partial charge >= 0.3 is 0 Å². The lowest BCUT2D eigenvalue weighted by molar-refractivity contribution is -0.120. The summed E-state index contributed by atoms with van der Waals surface area (Å²) in [6, 6.07) is 7.57. The molecule has 2 aromatic heterocycles. The van der Waals surface area contributed by atoms with Crippen LogP contribution in [0.5, 0.6) is 0 Å². The lowest BCUT2D eigenvalue weighted by Crippen LogP contribution is -2.29. The summed E-state index contributed by atoms with van der Waals surface area (Å²) in [5, 5.41) is 7.83. The molecule has 0 radical (unpaired) electrons. The normalized spacial score (nSPS) is 14.3. The van der Waals surface area contributed by atoms with E-state index in [1.54, 1.807) is 0 Å². The van der Waals surface area contributed by atoms with Gasteiger partial charge in [-0.3, -0.25) is 4.79 Å². The molecule has 0 unspecified atom stereocenters. The first-order valence-electron chi connectivity index (χ1n) is 7.92. The zero-order valence-corrected chi connectivity index (χ0v) is 12.7. The number of carbonyl (C=O) groups is 1. The molecule has 1 saturated carbocycles. The van der Waals surface area contributed by atoms with E-state index in [-0.39, 0.29) is 12.3 Å². The average molecular weight is 310 g/mol. The number of amides is 1. The average Bonchev–Trinajstić information content (AvgIpc) is 3.17. The third-order valence-electron chi connectivity index (χ3n) is 4.15. The number of nitrogens with one attached hydrogen (secondary N) is 1. The van der Waals surface area contributed by atoms with Gasteiger partial charge in [-0.05, 0) is 25.0 Å². The molecule has 2 heterocycles. The molecule has 1 aliphatic carbocycles. The highest BCUT2D eigenvalue weighted by molar-refractivity contribution is 5.86. The molecule has 23 heavy (non-hydrogen) atoms. The minimum Gasteiger partial charge on any atom is -0.356 e. The number of carbonyl (C=O) groups excluding carboxylic acids is 1. The van der Waals surface area contributed by atoms with Gasteiger partial charge in [0.25, 0.3) is 0 Å². The van der Waals surface area contributed by atoms with E-state index in [2.05, 4.69) is 20.0 Å². The molecule has 1 fully saturated rings. The molecule has 118 valence electrons. The molecule has 1 aromatic carbocycles. The number of benzene rings is 1. The minimum atomic E-state index is -0.0443. The van der Waals surface area contributed by atoms with Crippen LogP contribution in [-0.2, 0) is 17.8 Å². The first kappa shape index (κ1) is 14.0. The predicted octanol–water partition coefficient (Wildman–Crippen LogP) is 2.26. The second-order valence-electron chi connectivity index (χ2n) is 5.91. The number of imidazole rings is 1. The van der Waals surface area contributed by atoms with E-state index < -0.39 is 0 Å². The fraction of sp³-hybridized carbons (Fsp3) is 0.353. The molecule has 0 aliphatic heterocycles.